The first-order valence-corrected chi connectivity index (χ1v) is 8.78. The van der Waals surface area contributed by atoms with Crippen molar-refractivity contribution in [1.29, 1.82) is 0 Å². The van der Waals surface area contributed by atoms with Crippen molar-refractivity contribution in [2.24, 2.45) is 5.92 Å². The average Bonchev–Trinajstić information content (AvgIpc) is 2.71. The highest BCUT2D eigenvalue weighted by Gasteiger charge is 2.37. The van der Waals surface area contributed by atoms with E-state index >= 15 is 0 Å². The van der Waals surface area contributed by atoms with Crippen LogP contribution >= 0.6 is 0 Å². The first-order chi connectivity index (χ1) is 11.7. The maximum atomic E-state index is 11.8. The molecule has 4 rings (SSSR count). The summed E-state index contributed by atoms with van der Waals surface area (Å²) in [4.78, 5) is 14.3. The Labute approximate surface area is 142 Å². The van der Waals surface area contributed by atoms with Crippen molar-refractivity contribution in [3.63, 3.8) is 0 Å². The summed E-state index contributed by atoms with van der Waals surface area (Å²) in [6.07, 6.45) is 1.88. The molecular weight excluding hydrogens is 298 g/mol. The van der Waals surface area contributed by atoms with E-state index in [1.165, 1.54) is 11.1 Å². The normalized spacial score (nSPS) is 26.4. The second-order valence-corrected chi connectivity index (χ2v) is 7.23. The minimum absolute atomic E-state index is 0.354. The van der Waals surface area contributed by atoms with E-state index in [1.807, 2.05) is 24.3 Å². The van der Waals surface area contributed by atoms with Gasteiger partial charge in [0.05, 0.1) is 5.92 Å². The monoisotopic (exact) mass is 321 g/mol. The number of hydrogen-bond acceptors (Lipinski definition) is 2. The van der Waals surface area contributed by atoms with Gasteiger partial charge in [-0.2, -0.15) is 0 Å². The van der Waals surface area contributed by atoms with E-state index in [2.05, 4.69) is 35.2 Å². The lowest BCUT2D eigenvalue weighted by atomic mass is 9.85. The molecule has 2 aliphatic rings. The first-order valence-electron chi connectivity index (χ1n) is 8.78. The molecule has 0 aromatic heterocycles. The van der Waals surface area contributed by atoms with Crippen LogP contribution in [-0.2, 0) is 11.3 Å². The molecule has 1 aliphatic heterocycles. The van der Waals surface area contributed by atoms with Crippen LogP contribution in [0.3, 0.4) is 0 Å². The second-order valence-electron chi connectivity index (χ2n) is 7.23. The lowest BCUT2D eigenvalue weighted by Crippen LogP contribution is -2.38. The molecule has 2 bridgehead atoms. The van der Waals surface area contributed by atoms with Gasteiger partial charge in [-0.15, -0.1) is 0 Å². The van der Waals surface area contributed by atoms with E-state index in [4.69, 9.17) is 0 Å². The van der Waals surface area contributed by atoms with Crippen molar-refractivity contribution in [1.82, 2.24) is 4.90 Å². The number of carboxylic acids is 1. The zero-order chi connectivity index (χ0) is 16.5. The fourth-order valence-corrected chi connectivity index (χ4v) is 4.56. The molecule has 3 heteroatoms. The quantitative estimate of drug-likeness (QED) is 0.933. The fraction of sp³-hybridized carbons (Fsp3) is 0.381. The molecular formula is C21H23NO2. The summed E-state index contributed by atoms with van der Waals surface area (Å²) < 4.78 is 0. The molecule has 0 radical (unpaired) electrons. The van der Waals surface area contributed by atoms with E-state index < -0.39 is 5.97 Å². The number of likely N-dealkylation sites (tertiary alicyclic amines) is 1. The minimum Gasteiger partial charge on any atom is -0.481 e. The zero-order valence-corrected chi connectivity index (χ0v) is 13.8. The van der Waals surface area contributed by atoms with Crippen molar-refractivity contribution in [2.45, 2.75) is 31.2 Å². The summed E-state index contributed by atoms with van der Waals surface area (Å²) in [5.41, 5.74) is 3.63. The smallest absolute Gasteiger partial charge is 0.310 e. The lowest BCUT2D eigenvalue weighted by Gasteiger charge is -2.37. The van der Waals surface area contributed by atoms with Crippen LogP contribution in [0, 0.1) is 5.92 Å². The maximum absolute atomic E-state index is 11.8. The molecule has 1 fully saturated rings. The van der Waals surface area contributed by atoms with Crippen molar-refractivity contribution in [2.75, 3.05) is 13.1 Å². The van der Waals surface area contributed by atoms with E-state index in [1.54, 1.807) is 0 Å². The molecule has 2 aromatic rings. The maximum Gasteiger partial charge on any atom is 0.310 e. The molecule has 24 heavy (non-hydrogen) atoms. The minimum atomic E-state index is -0.676. The van der Waals surface area contributed by atoms with Gasteiger partial charge in [0.15, 0.2) is 0 Å². The van der Waals surface area contributed by atoms with Crippen LogP contribution in [-0.4, -0.2) is 29.1 Å². The summed E-state index contributed by atoms with van der Waals surface area (Å²) >= 11 is 0. The van der Waals surface area contributed by atoms with Crippen LogP contribution in [0.1, 0.15) is 41.4 Å². The Morgan fingerprint density at radius 2 is 1.67 bits per heavy atom. The molecule has 1 saturated heterocycles. The van der Waals surface area contributed by atoms with Gasteiger partial charge >= 0.3 is 5.97 Å². The van der Waals surface area contributed by atoms with Crippen molar-refractivity contribution in [3.05, 3.63) is 71.3 Å². The van der Waals surface area contributed by atoms with Crippen LogP contribution < -0.4 is 0 Å². The van der Waals surface area contributed by atoms with Crippen molar-refractivity contribution >= 4 is 5.97 Å². The Morgan fingerprint density at radius 3 is 2.42 bits per heavy atom. The van der Waals surface area contributed by atoms with Gasteiger partial charge in [-0.25, -0.2) is 0 Å². The van der Waals surface area contributed by atoms with Gasteiger partial charge in [-0.1, -0.05) is 54.6 Å². The van der Waals surface area contributed by atoms with Gasteiger partial charge in [-0.05, 0) is 41.4 Å². The third-order valence-corrected chi connectivity index (χ3v) is 5.54. The summed E-state index contributed by atoms with van der Waals surface area (Å²) in [6, 6.07) is 18.8. The topological polar surface area (TPSA) is 40.5 Å². The van der Waals surface area contributed by atoms with Crippen LogP contribution in [0.2, 0.25) is 0 Å². The van der Waals surface area contributed by atoms with Crippen LogP contribution in [0.25, 0.3) is 0 Å². The summed E-state index contributed by atoms with van der Waals surface area (Å²) in [7, 11) is 0. The Kier molecular flexibility index (Phi) is 4.11. The predicted molar refractivity (Wildman–Crippen MR) is 94.0 cm³/mol. The second kappa shape index (κ2) is 6.40. The first kappa shape index (κ1) is 15.4. The molecule has 3 atom stereocenters. The number of carbonyl (C=O) groups is 1. The van der Waals surface area contributed by atoms with Gasteiger partial charge in [0.25, 0.3) is 0 Å². The Bertz CT molecular complexity index is 728. The van der Waals surface area contributed by atoms with E-state index in [-0.39, 0.29) is 5.92 Å². The number of benzene rings is 2. The molecule has 1 aliphatic carbocycles. The number of rotatable bonds is 3. The number of piperidine rings is 1. The predicted octanol–water partition coefficient (Wildman–Crippen LogP) is 3.86. The molecule has 2 aromatic carbocycles. The number of fused-ring (bicyclic) bond motifs is 4. The molecule has 3 nitrogen and oxygen atoms in total. The van der Waals surface area contributed by atoms with E-state index in [0.717, 1.165) is 38.0 Å². The summed E-state index contributed by atoms with van der Waals surface area (Å²) in [5.74, 6) is -0.119. The van der Waals surface area contributed by atoms with Gasteiger partial charge in [0, 0.05) is 19.6 Å². The average molecular weight is 321 g/mol. The summed E-state index contributed by atoms with van der Waals surface area (Å²) in [6.45, 7) is 2.98. The SMILES string of the molecule is O=C(O)C1CC2C[C@H](CN(Cc3ccccc3)C2)c2ccccc21. The van der Waals surface area contributed by atoms with Gasteiger partial charge in [-0.3, -0.25) is 9.69 Å². The highest BCUT2D eigenvalue weighted by Crippen LogP contribution is 2.43. The largest absolute Gasteiger partial charge is 0.481 e. The van der Waals surface area contributed by atoms with E-state index in [9.17, 15) is 9.90 Å². The fourth-order valence-electron chi connectivity index (χ4n) is 4.56. The molecule has 124 valence electrons. The van der Waals surface area contributed by atoms with Crippen LogP contribution in [0.4, 0.5) is 0 Å². The third kappa shape index (κ3) is 2.96. The highest BCUT2D eigenvalue weighted by atomic mass is 16.4. The Morgan fingerprint density at radius 1 is 0.958 bits per heavy atom. The zero-order valence-electron chi connectivity index (χ0n) is 13.8. The van der Waals surface area contributed by atoms with Crippen LogP contribution in [0.15, 0.2) is 54.6 Å². The number of nitrogens with zero attached hydrogens (tertiary/aromatic N) is 1. The van der Waals surface area contributed by atoms with Gasteiger partial charge in [0.1, 0.15) is 0 Å². The molecule has 1 N–H and O–H groups in total. The van der Waals surface area contributed by atoms with Crippen molar-refractivity contribution in [3.8, 4) is 0 Å². The molecule has 0 amide bonds. The number of hydrogen-bond donors (Lipinski definition) is 1. The number of carboxylic acid groups (broad SMARTS) is 1. The highest BCUT2D eigenvalue weighted by molar-refractivity contribution is 5.77. The Hall–Kier alpha value is -2.13. The van der Waals surface area contributed by atoms with Gasteiger partial charge < -0.3 is 5.11 Å². The molecule has 0 spiro atoms. The molecule has 0 saturated carbocycles. The number of aliphatic carboxylic acids is 1. The van der Waals surface area contributed by atoms with Gasteiger partial charge in [0.2, 0.25) is 0 Å². The van der Waals surface area contributed by atoms with Crippen LogP contribution in [0.5, 0.6) is 0 Å². The van der Waals surface area contributed by atoms with Crippen molar-refractivity contribution < 1.29 is 9.90 Å². The van der Waals surface area contributed by atoms with E-state index in [0.29, 0.717) is 11.8 Å². The standard InChI is InChI=1S/C21H23NO2/c23-21(24)20-11-16-10-17(18-8-4-5-9-19(18)20)14-22(13-16)12-15-6-2-1-3-7-15/h1-9,16-17,20H,10-14H2,(H,23,24)/t16?,17-,20?/m1/s1. The molecule has 1 heterocycles. The lowest BCUT2D eigenvalue weighted by molar-refractivity contribution is -0.139. The summed E-state index contributed by atoms with van der Waals surface area (Å²) in [5, 5.41) is 9.72. The third-order valence-electron chi connectivity index (χ3n) is 5.54. The Balaban J connectivity index is 1.63. The molecule has 2 unspecified atom stereocenters.